The number of hydrogen-bond donors (Lipinski definition) is 2. The van der Waals surface area contributed by atoms with Crippen LogP contribution in [-0.4, -0.2) is 27.1 Å². The summed E-state index contributed by atoms with van der Waals surface area (Å²) in [7, 11) is 0. The summed E-state index contributed by atoms with van der Waals surface area (Å²) >= 11 is 12.2. The number of aliphatic hydroxyl groups excluding tert-OH is 1. The Labute approximate surface area is 209 Å². The van der Waals surface area contributed by atoms with E-state index in [0.29, 0.717) is 15.6 Å². The van der Waals surface area contributed by atoms with Crippen molar-refractivity contribution in [3.05, 3.63) is 87.9 Å². The molecular formula is C28H27Cl2NO3. The number of pyridine rings is 1. The van der Waals surface area contributed by atoms with E-state index in [4.69, 9.17) is 32.9 Å². The van der Waals surface area contributed by atoms with Crippen LogP contribution in [0.3, 0.4) is 0 Å². The maximum Gasteiger partial charge on any atom is 0.182 e. The van der Waals surface area contributed by atoms with E-state index in [-0.39, 0.29) is 0 Å². The standard InChI is InChI=1S/C28H27Cl2NO3/c1-16-15-23-21(13-14-22(31-23)17-5-9-19(29)10-6-17)25(18-7-11-20(30)12-8-18)24(16)26(27(32)33)34-28(2,3)4/h5-15,26-27,32-33H,1-4H3. The fourth-order valence-electron chi connectivity index (χ4n) is 4.15. The van der Waals surface area contributed by atoms with Crippen LogP contribution >= 0.6 is 23.2 Å². The second-order valence-electron chi connectivity index (χ2n) is 9.32. The van der Waals surface area contributed by atoms with Crippen LogP contribution in [0.4, 0.5) is 0 Å². The zero-order valence-corrected chi connectivity index (χ0v) is 21.0. The molecule has 4 nitrogen and oxygen atoms in total. The Balaban J connectivity index is 2.00. The van der Waals surface area contributed by atoms with Gasteiger partial charge in [0.1, 0.15) is 6.10 Å². The van der Waals surface area contributed by atoms with E-state index in [2.05, 4.69) is 0 Å². The van der Waals surface area contributed by atoms with Gasteiger partial charge in [0.15, 0.2) is 6.29 Å². The third kappa shape index (κ3) is 5.27. The molecule has 0 spiro atoms. The summed E-state index contributed by atoms with van der Waals surface area (Å²) in [5.74, 6) is 0. The van der Waals surface area contributed by atoms with Crippen molar-refractivity contribution in [1.29, 1.82) is 0 Å². The van der Waals surface area contributed by atoms with Crippen LogP contribution in [-0.2, 0) is 4.74 Å². The fourth-order valence-corrected chi connectivity index (χ4v) is 4.40. The van der Waals surface area contributed by atoms with E-state index in [1.807, 2.05) is 94.4 Å². The topological polar surface area (TPSA) is 62.6 Å². The number of hydrogen-bond acceptors (Lipinski definition) is 4. The fraction of sp³-hybridized carbons (Fsp3) is 0.250. The Morgan fingerprint density at radius 3 is 1.91 bits per heavy atom. The maximum absolute atomic E-state index is 10.3. The van der Waals surface area contributed by atoms with Gasteiger partial charge in [0, 0.05) is 21.0 Å². The van der Waals surface area contributed by atoms with Crippen LogP contribution in [0.2, 0.25) is 10.0 Å². The number of benzene rings is 3. The van der Waals surface area contributed by atoms with Gasteiger partial charge in [0.2, 0.25) is 0 Å². The Morgan fingerprint density at radius 2 is 1.38 bits per heavy atom. The van der Waals surface area contributed by atoms with Gasteiger partial charge in [-0.1, -0.05) is 53.5 Å². The summed E-state index contributed by atoms with van der Waals surface area (Å²) < 4.78 is 6.15. The van der Waals surface area contributed by atoms with Crippen LogP contribution in [0.5, 0.6) is 0 Å². The van der Waals surface area contributed by atoms with Crippen molar-refractivity contribution in [1.82, 2.24) is 4.98 Å². The molecule has 1 unspecified atom stereocenters. The first kappa shape index (κ1) is 24.6. The van der Waals surface area contributed by atoms with E-state index in [9.17, 15) is 10.2 Å². The SMILES string of the molecule is Cc1cc2nc(-c3ccc(Cl)cc3)ccc2c(-c2ccc(Cl)cc2)c1C(OC(C)(C)C)C(O)O. The molecule has 0 saturated heterocycles. The van der Waals surface area contributed by atoms with Gasteiger partial charge in [-0.3, -0.25) is 0 Å². The highest BCUT2D eigenvalue weighted by Crippen LogP contribution is 2.41. The summed E-state index contributed by atoms with van der Waals surface area (Å²) in [5, 5.41) is 22.8. The van der Waals surface area contributed by atoms with Crippen LogP contribution < -0.4 is 0 Å². The summed E-state index contributed by atoms with van der Waals surface area (Å²) in [6, 6.07) is 21.0. The Hall–Kier alpha value is -2.47. The lowest BCUT2D eigenvalue weighted by Gasteiger charge is -2.32. The number of halogens is 2. The number of aliphatic hydroxyl groups is 2. The lowest BCUT2D eigenvalue weighted by atomic mass is 9.88. The van der Waals surface area contributed by atoms with Gasteiger partial charge < -0.3 is 14.9 Å². The number of nitrogens with zero attached hydrogens (tertiary/aromatic N) is 1. The van der Waals surface area contributed by atoms with Crippen molar-refractivity contribution in [3.63, 3.8) is 0 Å². The van der Waals surface area contributed by atoms with Gasteiger partial charge in [-0.15, -0.1) is 0 Å². The average Bonchev–Trinajstić information content (AvgIpc) is 2.77. The number of fused-ring (bicyclic) bond motifs is 1. The first-order valence-corrected chi connectivity index (χ1v) is 11.8. The van der Waals surface area contributed by atoms with Crippen LogP contribution in [0, 0.1) is 6.92 Å². The van der Waals surface area contributed by atoms with E-state index >= 15 is 0 Å². The smallest absolute Gasteiger partial charge is 0.182 e. The number of ether oxygens (including phenoxy) is 1. The molecule has 0 bridgehead atoms. The average molecular weight is 496 g/mol. The highest BCUT2D eigenvalue weighted by atomic mass is 35.5. The van der Waals surface area contributed by atoms with Crippen molar-refractivity contribution in [2.75, 3.05) is 0 Å². The summed E-state index contributed by atoms with van der Waals surface area (Å²) in [6.07, 6.45) is -2.66. The molecule has 0 saturated carbocycles. The Kier molecular flexibility index (Phi) is 6.99. The Bertz CT molecular complexity index is 1310. The van der Waals surface area contributed by atoms with Gasteiger partial charge in [0.25, 0.3) is 0 Å². The number of rotatable bonds is 5. The molecule has 0 aliphatic heterocycles. The van der Waals surface area contributed by atoms with Gasteiger partial charge in [0.05, 0.1) is 16.8 Å². The van der Waals surface area contributed by atoms with E-state index in [0.717, 1.165) is 38.9 Å². The van der Waals surface area contributed by atoms with Crippen molar-refractivity contribution < 1.29 is 14.9 Å². The van der Waals surface area contributed by atoms with E-state index in [1.165, 1.54) is 0 Å². The predicted molar refractivity (Wildman–Crippen MR) is 139 cm³/mol. The number of aryl methyl sites for hydroxylation is 1. The molecule has 1 atom stereocenters. The second-order valence-corrected chi connectivity index (χ2v) is 10.2. The maximum atomic E-state index is 10.3. The highest BCUT2D eigenvalue weighted by molar-refractivity contribution is 6.31. The van der Waals surface area contributed by atoms with Crippen LogP contribution in [0.15, 0.2) is 66.7 Å². The summed E-state index contributed by atoms with van der Waals surface area (Å²) in [6.45, 7) is 7.61. The molecular weight excluding hydrogens is 469 g/mol. The van der Waals surface area contributed by atoms with Crippen LogP contribution in [0.1, 0.15) is 38.0 Å². The predicted octanol–water partition coefficient (Wildman–Crippen LogP) is 7.35. The first-order valence-electron chi connectivity index (χ1n) is 11.0. The normalized spacial score (nSPS) is 13.0. The third-order valence-electron chi connectivity index (χ3n) is 5.55. The molecule has 0 amide bonds. The van der Waals surface area contributed by atoms with Gasteiger partial charge in [-0.25, -0.2) is 4.98 Å². The minimum atomic E-state index is -1.71. The molecule has 1 aromatic heterocycles. The van der Waals surface area contributed by atoms with E-state index < -0.39 is 18.0 Å². The molecule has 3 aromatic carbocycles. The molecule has 4 aromatic rings. The molecule has 0 aliphatic carbocycles. The summed E-state index contributed by atoms with van der Waals surface area (Å²) in [4.78, 5) is 4.92. The molecule has 6 heteroatoms. The molecule has 4 rings (SSSR count). The lowest BCUT2D eigenvalue weighted by Crippen LogP contribution is -2.30. The van der Waals surface area contributed by atoms with E-state index in [1.54, 1.807) is 0 Å². The molecule has 176 valence electrons. The van der Waals surface area contributed by atoms with Crippen molar-refractivity contribution in [2.24, 2.45) is 0 Å². The second kappa shape index (κ2) is 9.65. The Morgan fingerprint density at radius 1 is 0.824 bits per heavy atom. The van der Waals surface area contributed by atoms with Crippen LogP contribution in [0.25, 0.3) is 33.3 Å². The molecule has 34 heavy (non-hydrogen) atoms. The third-order valence-corrected chi connectivity index (χ3v) is 6.05. The van der Waals surface area contributed by atoms with Gasteiger partial charge >= 0.3 is 0 Å². The molecule has 0 fully saturated rings. The number of aromatic nitrogens is 1. The van der Waals surface area contributed by atoms with Crippen molar-refractivity contribution in [3.8, 4) is 22.4 Å². The quantitative estimate of drug-likeness (QED) is 0.284. The van der Waals surface area contributed by atoms with Crippen molar-refractivity contribution >= 4 is 34.1 Å². The minimum absolute atomic E-state index is 0.594. The van der Waals surface area contributed by atoms with Gasteiger partial charge in [-0.05, 0) is 86.3 Å². The molecule has 1 heterocycles. The molecule has 0 aliphatic rings. The molecule has 0 radical (unpaired) electrons. The zero-order chi connectivity index (χ0) is 24.6. The van der Waals surface area contributed by atoms with Gasteiger partial charge in [-0.2, -0.15) is 0 Å². The zero-order valence-electron chi connectivity index (χ0n) is 19.5. The molecule has 2 N–H and O–H groups in total. The lowest BCUT2D eigenvalue weighted by molar-refractivity contribution is -0.185. The monoisotopic (exact) mass is 495 g/mol. The van der Waals surface area contributed by atoms with Crippen molar-refractivity contribution in [2.45, 2.75) is 45.7 Å². The summed E-state index contributed by atoms with van der Waals surface area (Å²) in [5.41, 5.74) is 5.26. The minimum Gasteiger partial charge on any atom is -0.366 e. The highest BCUT2D eigenvalue weighted by Gasteiger charge is 2.31. The first-order chi connectivity index (χ1) is 16.0. The largest absolute Gasteiger partial charge is 0.366 e.